The van der Waals surface area contributed by atoms with Crippen LogP contribution in [0.4, 0.5) is 11.6 Å². The summed E-state index contributed by atoms with van der Waals surface area (Å²) in [5.41, 5.74) is 5.31. The Kier molecular flexibility index (Phi) is 5.21. The van der Waals surface area contributed by atoms with Crippen molar-refractivity contribution in [3.05, 3.63) is 66.9 Å². The highest BCUT2D eigenvalue weighted by Crippen LogP contribution is 2.33. The molecule has 6 aromatic rings. The maximum atomic E-state index is 5.67. The zero-order chi connectivity index (χ0) is 25.7. The first-order valence-electron chi connectivity index (χ1n) is 11.6. The Morgan fingerprint density at radius 2 is 1.86 bits per heavy atom. The number of imidazole rings is 2. The lowest BCUT2D eigenvalue weighted by atomic mass is 10.1. The summed E-state index contributed by atoms with van der Waals surface area (Å²) in [6.07, 6.45) is 12.9. The molecule has 0 unspecified atom stereocenters. The van der Waals surface area contributed by atoms with E-state index >= 15 is 0 Å². The minimum absolute atomic E-state index is 0.475. The molecule has 6 aromatic heterocycles. The molecule has 6 heterocycles. The van der Waals surface area contributed by atoms with Gasteiger partial charge in [-0.05, 0) is 25.5 Å². The lowest BCUT2D eigenvalue weighted by molar-refractivity contribution is 0.412. The van der Waals surface area contributed by atoms with Gasteiger partial charge in [0, 0.05) is 56.7 Å². The Morgan fingerprint density at radius 3 is 2.54 bits per heavy atom. The summed E-state index contributed by atoms with van der Waals surface area (Å²) < 4.78 is 13.0. The van der Waals surface area contributed by atoms with Crippen LogP contribution in [-0.4, -0.2) is 55.6 Å². The minimum Gasteiger partial charge on any atom is -0.494 e. The molecule has 12 nitrogen and oxygen atoms in total. The molecule has 0 amide bonds. The highest BCUT2D eigenvalue weighted by molar-refractivity contribution is 5.84. The standard InChI is InChI=1S/C25H25N11O/c1-15-12-35(14-28-15)19-11-27-21(10-20(19)37-5)29-23-22-16(2)17(18-6-8-34(4)31-18)13-36(22)32-24(30-23)25-26-7-9-33(25)3/h6-14H,1-5H3,(H,27,29,30,32). The van der Waals surface area contributed by atoms with Gasteiger partial charge in [-0.15, -0.1) is 5.10 Å². The predicted molar refractivity (Wildman–Crippen MR) is 138 cm³/mol. The van der Waals surface area contributed by atoms with Gasteiger partial charge in [0.2, 0.25) is 5.82 Å². The van der Waals surface area contributed by atoms with Crippen LogP contribution in [-0.2, 0) is 14.1 Å². The van der Waals surface area contributed by atoms with Crippen LogP contribution in [0.2, 0.25) is 0 Å². The van der Waals surface area contributed by atoms with E-state index in [1.807, 2.05) is 78.5 Å². The zero-order valence-electron chi connectivity index (χ0n) is 21.1. The number of nitrogens with one attached hydrogen (secondary N) is 1. The van der Waals surface area contributed by atoms with Crippen molar-refractivity contribution in [2.75, 3.05) is 12.4 Å². The van der Waals surface area contributed by atoms with Crippen LogP contribution in [0, 0.1) is 13.8 Å². The summed E-state index contributed by atoms with van der Waals surface area (Å²) in [5.74, 6) is 2.93. The molecule has 6 rings (SSSR count). The van der Waals surface area contributed by atoms with Crippen LogP contribution in [0.15, 0.2) is 55.6 Å². The van der Waals surface area contributed by atoms with Crippen LogP contribution < -0.4 is 10.1 Å². The van der Waals surface area contributed by atoms with E-state index in [2.05, 4.69) is 25.4 Å². The van der Waals surface area contributed by atoms with Gasteiger partial charge in [-0.1, -0.05) is 0 Å². The van der Waals surface area contributed by atoms with Crippen LogP contribution in [0.1, 0.15) is 11.3 Å². The Morgan fingerprint density at radius 1 is 1.00 bits per heavy atom. The molecule has 1 N–H and O–H groups in total. The molecular formula is C25H25N11O. The van der Waals surface area contributed by atoms with Gasteiger partial charge in [-0.25, -0.2) is 24.5 Å². The molecule has 0 radical (unpaired) electrons. The molecule has 0 atom stereocenters. The number of anilines is 2. The number of pyridine rings is 1. The van der Waals surface area contributed by atoms with Crippen molar-refractivity contribution >= 4 is 17.2 Å². The fourth-order valence-electron chi connectivity index (χ4n) is 4.34. The quantitative estimate of drug-likeness (QED) is 0.373. The van der Waals surface area contributed by atoms with Crippen LogP contribution in [0.25, 0.3) is 34.1 Å². The number of rotatable bonds is 6. The highest BCUT2D eigenvalue weighted by atomic mass is 16.5. The molecular weight excluding hydrogens is 470 g/mol. The van der Waals surface area contributed by atoms with Crippen molar-refractivity contribution in [1.29, 1.82) is 0 Å². The fourth-order valence-corrected chi connectivity index (χ4v) is 4.34. The molecule has 0 saturated carbocycles. The van der Waals surface area contributed by atoms with E-state index in [0.717, 1.165) is 33.7 Å². The SMILES string of the molecule is COc1cc(Nc2nc(-c3nccn3C)nn3cc(-c4ccn(C)n4)c(C)c23)ncc1-n1cnc(C)c1. The third-order valence-corrected chi connectivity index (χ3v) is 6.20. The van der Waals surface area contributed by atoms with Gasteiger partial charge in [-0.3, -0.25) is 4.68 Å². The van der Waals surface area contributed by atoms with Gasteiger partial charge in [-0.2, -0.15) is 5.10 Å². The molecule has 37 heavy (non-hydrogen) atoms. The number of aryl methyl sites for hydroxylation is 4. The number of nitrogens with zero attached hydrogens (tertiary/aromatic N) is 10. The first kappa shape index (κ1) is 22.5. The summed E-state index contributed by atoms with van der Waals surface area (Å²) in [5, 5.41) is 12.7. The third kappa shape index (κ3) is 3.88. The van der Waals surface area contributed by atoms with Gasteiger partial charge in [0.1, 0.15) is 22.8 Å². The van der Waals surface area contributed by atoms with Gasteiger partial charge in [0.25, 0.3) is 0 Å². The zero-order valence-corrected chi connectivity index (χ0v) is 21.1. The van der Waals surface area contributed by atoms with E-state index in [0.29, 0.717) is 29.0 Å². The van der Waals surface area contributed by atoms with Crippen molar-refractivity contribution in [2.45, 2.75) is 13.8 Å². The average Bonchev–Trinajstić information content (AvgIpc) is 3.67. The van der Waals surface area contributed by atoms with Gasteiger partial charge < -0.3 is 19.2 Å². The summed E-state index contributed by atoms with van der Waals surface area (Å²) >= 11 is 0. The third-order valence-electron chi connectivity index (χ3n) is 6.20. The van der Waals surface area contributed by atoms with E-state index in [-0.39, 0.29) is 0 Å². The molecule has 0 aliphatic heterocycles. The Bertz CT molecular complexity index is 1750. The van der Waals surface area contributed by atoms with E-state index in [1.165, 1.54) is 0 Å². The number of methoxy groups -OCH3 is 1. The van der Waals surface area contributed by atoms with E-state index in [9.17, 15) is 0 Å². The molecule has 0 saturated heterocycles. The number of hydrogen-bond donors (Lipinski definition) is 1. The fraction of sp³-hybridized carbons (Fsp3) is 0.200. The van der Waals surface area contributed by atoms with Crippen molar-refractivity contribution < 1.29 is 4.74 Å². The van der Waals surface area contributed by atoms with E-state index in [4.69, 9.17) is 14.8 Å². The van der Waals surface area contributed by atoms with Crippen molar-refractivity contribution in [2.24, 2.45) is 14.1 Å². The largest absolute Gasteiger partial charge is 0.494 e. The highest BCUT2D eigenvalue weighted by Gasteiger charge is 2.20. The average molecular weight is 496 g/mol. The lowest BCUT2D eigenvalue weighted by Crippen LogP contribution is -2.07. The number of hydrogen-bond acceptors (Lipinski definition) is 8. The Labute approximate surface area is 212 Å². The number of ether oxygens (including phenoxy) is 1. The smallest absolute Gasteiger partial charge is 0.218 e. The topological polar surface area (TPSA) is 118 Å². The second-order valence-electron chi connectivity index (χ2n) is 8.77. The summed E-state index contributed by atoms with van der Waals surface area (Å²) in [6, 6.07) is 3.81. The summed E-state index contributed by atoms with van der Waals surface area (Å²) in [7, 11) is 5.44. The monoisotopic (exact) mass is 495 g/mol. The molecule has 186 valence electrons. The number of fused-ring (bicyclic) bond motifs is 1. The first-order valence-corrected chi connectivity index (χ1v) is 11.6. The molecule has 0 spiro atoms. The predicted octanol–water partition coefficient (Wildman–Crippen LogP) is 3.48. The molecule has 0 fully saturated rings. The molecule has 0 aromatic carbocycles. The second-order valence-corrected chi connectivity index (χ2v) is 8.77. The van der Waals surface area contributed by atoms with Crippen LogP contribution >= 0.6 is 0 Å². The van der Waals surface area contributed by atoms with Gasteiger partial charge in [0.15, 0.2) is 11.6 Å². The van der Waals surface area contributed by atoms with Gasteiger partial charge >= 0.3 is 0 Å². The summed E-state index contributed by atoms with van der Waals surface area (Å²) in [4.78, 5) is 18.2. The molecule has 12 heteroatoms. The molecule has 0 aliphatic carbocycles. The van der Waals surface area contributed by atoms with Crippen LogP contribution in [0.5, 0.6) is 5.75 Å². The van der Waals surface area contributed by atoms with Gasteiger partial charge in [0.05, 0.1) is 31.0 Å². The van der Waals surface area contributed by atoms with Crippen molar-refractivity contribution in [1.82, 2.24) is 48.5 Å². The Hall–Kier alpha value is -5.00. The second kappa shape index (κ2) is 8.59. The van der Waals surface area contributed by atoms with E-state index in [1.54, 1.807) is 30.5 Å². The normalized spacial score (nSPS) is 11.4. The van der Waals surface area contributed by atoms with Crippen molar-refractivity contribution in [3.63, 3.8) is 0 Å². The first-order chi connectivity index (χ1) is 17.9. The summed E-state index contributed by atoms with van der Waals surface area (Å²) in [6.45, 7) is 3.97. The maximum absolute atomic E-state index is 5.67. The molecule has 0 bridgehead atoms. The van der Waals surface area contributed by atoms with E-state index < -0.39 is 0 Å². The van der Waals surface area contributed by atoms with Crippen molar-refractivity contribution in [3.8, 4) is 34.3 Å². The molecule has 0 aliphatic rings. The van der Waals surface area contributed by atoms with Crippen LogP contribution in [0.3, 0.4) is 0 Å². The Balaban J connectivity index is 1.49. The number of aromatic nitrogens is 10. The minimum atomic E-state index is 0.475. The lowest BCUT2D eigenvalue weighted by Gasteiger charge is -2.13. The maximum Gasteiger partial charge on any atom is 0.218 e.